The van der Waals surface area contributed by atoms with Crippen LogP contribution in [0.25, 0.3) is 11.5 Å². The van der Waals surface area contributed by atoms with Crippen molar-refractivity contribution in [3.8, 4) is 11.5 Å². The SMILES string of the molecule is OC(CNCc1coc(-c2ccccc2)n1)c1ccc(Cl)c(F)c1. The van der Waals surface area contributed by atoms with Gasteiger partial charge in [0.15, 0.2) is 0 Å². The van der Waals surface area contributed by atoms with Crippen LogP contribution in [0.4, 0.5) is 4.39 Å². The van der Waals surface area contributed by atoms with Gasteiger partial charge in [0.2, 0.25) is 5.89 Å². The predicted octanol–water partition coefficient (Wildman–Crippen LogP) is 3.96. The highest BCUT2D eigenvalue weighted by molar-refractivity contribution is 6.30. The fraction of sp³-hybridized carbons (Fsp3) is 0.167. The normalized spacial score (nSPS) is 12.3. The van der Waals surface area contributed by atoms with Crippen molar-refractivity contribution in [2.75, 3.05) is 6.54 Å². The van der Waals surface area contributed by atoms with Crippen molar-refractivity contribution >= 4 is 11.6 Å². The second-order valence-corrected chi connectivity index (χ2v) is 5.74. The summed E-state index contributed by atoms with van der Waals surface area (Å²) < 4.78 is 18.8. The molecule has 0 aliphatic rings. The molecule has 4 nitrogen and oxygen atoms in total. The average molecular weight is 347 g/mol. The van der Waals surface area contributed by atoms with Crippen LogP contribution in [0.3, 0.4) is 0 Å². The minimum Gasteiger partial charge on any atom is -0.444 e. The number of halogens is 2. The molecule has 0 aliphatic heterocycles. The molecular weight excluding hydrogens is 331 g/mol. The van der Waals surface area contributed by atoms with Gasteiger partial charge < -0.3 is 14.8 Å². The standard InChI is InChI=1S/C18H16ClFN2O2/c19-15-7-6-13(8-16(15)20)17(23)10-21-9-14-11-24-18(22-14)12-4-2-1-3-5-12/h1-8,11,17,21,23H,9-10H2. The van der Waals surface area contributed by atoms with Crippen LogP contribution < -0.4 is 5.32 Å². The van der Waals surface area contributed by atoms with Crippen LogP contribution in [0.1, 0.15) is 17.4 Å². The maximum absolute atomic E-state index is 13.4. The lowest BCUT2D eigenvalue weighted by molar-refractivity contribution is 0.174. The van der Waals surface area contributed by atoms with Gasteiger partial charge in [-0.3, -0.25) is 0 Å². The molecule has 1 heterocycles. The smallest absolute Gasteiger partial charge is 0.226 e. The van der Waals surface area contributed by atoms with Gasteiger partial charge >= 0.3 is 0 Å². The van der Waals surface area contributed by atoms with E-state index in [-0.39, 0.29) is 11.6 Å². The molecule has 0 fully saturated rings. The predicted molar refractivity (Wildman–Crippen MR) is 90.0 cm³/mol. The van der Waals surface area contributed by atoms with Crippen molar-refractivity contribution in [3.05, 3.63) is 76.9 Å². The Morgan fingerprint density at radius 3 is 2.75 bits per heavy atom. The summed E-state index contributed by atoms with van der Waals surface area (Å²) in [7, 11) is 0. The number of aliphatic hydroxyl groups excluding tert-OH is 1. The van der Waals surface area contributed by atoms with Crippen LogP contribution >= 0.6 is 11.6 Å². The van der Waals surface area contributed by atoms with E-state index >= 15 is 0 Å². The molecule has 3 aromatic rings. The molecule has 0 saturated heterocycles. The highest BCUT2D eigenvalue weighted by Gasteiger charge is 2.11. The van der Waals surface area contributed by atoms with Crippen molar-refractivity contribution < 1.29 is 13.9 Å². The minimum absolute atomic E-state index is 0.0370. The highest BCUT2D eigenvalue weighted by Crippen LogP contribution is 2.20. The van der Waals surface area contributed by atoms with Crippen LogP contribution in [-0.2, 0) is 6.54 Å². The van der Waals surface area contributed by atoms with E-state index in [2.05, 4.69) is 10.3 Å². The van der Waals surface area contributed by atoms with Crippen LogP contribution in [0.15, 0.2) is 59.2 Å². The second kappa shape index (κ2) is 7.57. The molecule has 24 heavy (non-hydrogen) atoms. The highest BCUT2D eigenvalue weighted by atomic mass is 35.5. The summed E-state index contributed by atoms with van der Waals surface area (Å²) in [5, 5.41) is 13.2. The summed E-state index contributed by atoms with van der Waals surface area (Å²) in [4.78, 5) is 4.39. The van der Waals surface area contributed by atoms with Crippen molar-refractivity contribution in [1.82, 2.24) is 10.3 Å². The fourth-order valence-corrected chi connectivity index (χ4v) is 2.39. The van der Waals surface area contributed by atoms with Gasteiger partial charge in [0.1, 0.15) is 12.1 Å². The van der Waals surface area contributed by atoms with Crippen LogP contribution in [0.5, 0.6) is 0 Å². The van der Waals surface area contributed by atoms with Crippen molar-refractivity contribution in [2.24, 2.45) is 0 Å². The van der Waals surface area contributed by atoms with E-state index in [0.717, 1.165) is 11.3 Å². The Bertz CT molecular complexity index is 808. The minimum atomic E-state index is -0.836. The second-order valence-electron chi connectivity index (χ2n) is 5.33. The number of hydrogen-bond donors (Lipinski definition) is 2. The van der Waals surface area contributed by atoms with Gasteiger partial charge in [-0.1, -0.05) is 35.9 Å². The Morgan fingerprint density at radius 1 is 1.21 bits per heavy atom. The van der Waals surface area contributed by atoms with Gasteiger partial charge in [0, 0.05) is 18.7 Å². The van der Waals surface area contributed by atoms with Gasteiger partial charge in [0.25, 0.3) is 0 Å². The van der Waals surface area contributed by atoms with E-state index < -0.39 is 11.9 Å². The topological polar surface area (TPSA) is 58.3 Å². The zero-order valence-corrected chi connectivity index (χ0v) is 13.5. The molecule has 3 rings (SSSR count). The summed E-state index contributed by atoms with van der Waals surface area (Å²) in [6.45, 7) is 0.693. The van der Waals surface area contributed by atoms with Crippen LogP contribution in [0.2, 0.25) is 5.02 Å². The zero-order valence-electron chi connectivity index (χ0n) is 12.7. The van der Waals surface area contributed by atoms with E-state index in [1.54, 1.807) is 12.3 Å². The molecule has 124 valence electrons. The van der Waals surface area contributed by atoms with Crippen molar-refractivity contribution in [1.29, 1.82) is 0 Å². The molecule has 1 atom stereocenters. The quantitative estimate of drug-likeness (QED) is 0.709. The number of aromatic nitrogens is 1. The van der Waals surface area contributed by atoms with Crippen molar-refractivity contribution in [2.45, 2.75) is 12.6 Å². The number of benzene rings is 2. The van der Waals surface area contributed by atoms with E-state index in [4.69, 9.17) is 16.0 Å². The Hall–Kier alpha value is -2.21. The first-order chi connectivity index (χ1) is 11.6. The number of nitrogens with zero attached hydrogens (tertiary/aromatic N) is 1. The number of hydrogen-bond acceptors (Lipinski definition) is 4. The van der Waals surface area contributed by atoms with E-state index in [1.165, 1.54) is 12.1 Å². The molecule has 6 heteroatoms. The van der Waals surface area contributed by atoms with Gasteiger partial charge in [-0.05, 0) is 29.8 Å². The summed E-state index contributed by atoms with van der Waals surface area (Å²) >= 11 is 5.63. The van der Waals surface area contributed by atoms with Crippen molar-refractivity contribution in [3.63, 3.8) is 0 Å². The molecule has 0 spiro atoms. The number of oxazole rings is 1. The molecule has 0 radical (unpaired) electrons. The third kappa shape index (κ3) is 4.00. The summed E-state index contributed by atoms with van der Waals surface area (Å²) in [5.74, 6) is 0.00458. The van der Waals surface area contributed by atoms with E-state index in [1.807, 2.05) is 30.3 Å². The van der Waals surface area contributed by atoms with E-state index in [9.17, 15) is 9.50 Å². The fourth-order valence-electron chi connectivity index (χ4n) is 2.28. The van der Waals surface area contributed by atoms with Crippen LogP contribution in [-0.4, -0.2) is 16.6 Å². The largest absolute Gasteiger partial charge is 0.444 e. The van der Waals surface area contributed by atoms with Gasteiger partial charge in [-0.15, -0.1) is 0 Å². The number of aliphatic hydroxyl groups is 1. The van der Waals surface area contributed by atoms with Gasteiger partial charge in [0.05, 0.1) is 16.8 Å². The maximum atomic E-state index is 13.4. The maximum Gasteiger partial charge on any atom is 0.226 e. The summed E-state index contributed by atoms with van der Waals surface area (Å²) in [6, 6.07) is 13.9. The van der Waals surface area contributed by atoms with Crippen LogP contribution in [0, 0.1) is 5.82 Å². The average Bonchev–Trinajstić information content (AvgIpc) is 3.07. The first kappa shape index (κ1) is 16.6. The lowest BCUT2D eigenvalue weighted by Crippen LogP contribution is -2.21. The molecular formula is C18H16ClFN2O2. The molecule has 0 aliphatic carbocycles. The number of rotatable bonds is 6. The molecule has 1 aromatic heterocycles. The first-order valence-corrected chi connectivity index (χ1v) is 7.85. The Kier molecular flexibility index (Phi) is 5.25. The third-order valence-electron chi connectivity index (χ3n) is 3.54. The molecule has 2 aromatic carbocycles. The molecule has 0 amide bonds. The lowest BCUT2D eigenvalue weighted by atomic mass is 10.1. The molecule has 1 unspecified atom stereocenters. The summed E-state index contributed by atoms with van der Waals surface area (Å²) in [6.07, 6.45) is 0.737. The number of nitrogens with one attached hydrogen (secondary N) is 1. The zero-order chi connectivity index (χ0) is 16.9. The van der Waals surface area contributed by atoms with E-state index in [0.29, 0.717) is 18.0 Å². The Balaban J connectivity index is 1.55. The third-order valence-corrected chi connectivity index (χ3v) is 3.85. The monoisotopic (exact) mass is 346 g/mol. The molecule has 0 saturated carbocycles. The van der Waals surface area contributed by atoms with Gasteiger partial charge in [-0.25, -0.2) is 9.37 Å². The summed E-state index contributed by atoms with van der Waals surface area (Å²) in [5.41, 5.74) is 2.10. The lowest BCUT2D eigenvalue weighted by Gasteiger charge is -2.12. The van der Waals surface area contributed by atoms with Gasteiger partial charge in [-0.2, -0.15) is 0 Å². The first-order valence-electron chi connectivity index (χ1n) is 7.47. The molecule has 0 bridgehead atoms. The molecule has 2 N–H and O–H groups in total. The Morgan fingerprint density at radius 2 is 2.00 bits per heavy atom. The Labute approximate surface area is 143 Å².